The van der Waals surface area contributed by atoms with E-state index < -0.39 is 0 Å². The minimum Gasteiger partial charge on any atom is -0.307 e. The Bertz CT molecular complexity index is 599. The predicted molar refractivity (Wildman–Crippen MR) is 82.9 cm³/mol. The lowest BCUT2D eigenvalue weighted by Crippen LogP contribution is -2.32. The fourth-order valence-electron chi connectivity index (χ4n) is 3.03. The molecule has 2 heteroatoms. The number of nitrogens with one attached hydrogen (secondary N) is 1. The van der Waals surface area contributed by atoms with Gasteiger partial charge in [-0.05, 0) is 29.2 Å². The molecule has 0 spiro atoms. The molecular formula is C18H21NO. The molecule has 0 saturated heterocycles. The molecule has 0 radical (unpaired) electrons. The molecule has 0 amide bonds. The zero-order chi connectivity index (χ0) is 13.8. The van der Waals surface area contributed by atoms with Gasteiger partial charge in [-0.25, -0.2) is 0 Å². The molecule has 3 rings (SSSR count). The lowest BCUT2D eigenvalue weighted by Gasteiger charge is -2.11. The van der Waals surface area contributed by atoms with Crippen molar-refractivity contribution in [1.29, 1.82) is 0 Å². The predicted octanol–water partition coefficient (Wildman–Crippen LogP) is 3.48. The van der Waals surface area contributed by atoms with Crippen molar-refractivity contribution in [2.75, 3.05) is 6.54 Å². The van der Waals surface area contributed by atoms with E-state index in [-0.39, 0.29) is 5.78 Å². The molecule has 0 aliphatic heterocycles. The first-order valence-electron chi connectivity index (χ1n) is 7.54. The molecule has 1 N–H and O–H groups in total. The van der Waals surface area contributed by atoms with Crippen LogP contribution in [0, 0.1) is 0 Å². The van der Waals surface area contributed by atoms with Crippen LogP contribution in [0.3, 0.4) is 0 Å². The summed E-state index contributed by atoms with van der Waals surface area (Å²) < 4.78 is 0. The van der Waals surface area contributed by atoms with E-state index in [1.165, 1.54) is 36.5 Å². The average Bonchev–Trinajstić information content (AvgIpc) is 2.98. The van der Waals surface area contributed by atoms with Crippen LogP contribution < -0.4 is 5.32 Å². The Morgan fingerprint density at radius 1 is 1.05 bits per heavy atom. The van der Waals surface area contributed by atoms with E-state index in [4.69, 9.17) is 0 Å². The van der Waals surface area contributed by atoms with Crippen LogP contribution in [0.15, 0.2) is 42.5 Å². The maximum Gasteiger partial charge on any atom is 0.150 e. The Kier molecular flexibility index (Phi) is 4.12. The first-order valence-corrected chi connectivity index (χ1v) is 7.54. The van der Waals surface area contributed by atoms with E-state index in [1.54, 1.807) is 0 Å². The number of hydrogen-bond donors (Lipinski definition) is 1. The summed E-state index contributed by atoms with van der Waals surface area (Å²) in [6.07, 6.45) is 5.59. The highest BCUT2D eigenvalue weighted by Crippen LogP contribution is 2.18. The second-order valence-electron chi connectivity index (χ2n) is 5.76. The van der Waals surface area contributed by atoms with E-state index in [0.717, 1.165) is 5.56 Å². The SMILES string of the molecule is O=C(CNC1CCCC1)Cc1ccc2ccccc2c1. The minimum absolute atomic E-state index is 0.284. The molecule has 104 valence electrons. The second kappa shape index (κ2) is 6.19. The minimum atomic E-state index is 0.284. The summed E-state index contributed by atoms with van der Waals surface area (Å²) in [7, 11) is 0. The third kappa shape index (κ3) is 3.26. The highest BCUT2D eigenvalue weighted by atomic mass is 16.1. The molecular weight excluding hydrogens is 246 g/mol. The van der Waals surface area contributed by atoms with E-state index in [2.05, 4.69) is 35.6 Å². The Hall–Kier alpha value is -1.67. The van der Waals surface area contributed by atoms with Crippen molar-refractivity contribution in [2.45, 2.75) is 38.1 Å². The summed E-state index contributed by atoms with van der Waals surface area (Å²) in [5.41, 5.74) is 1.11. The molecule has 2 nitrogen and oxygen atoms in total. The average molecular weight is 267 g/mol. The van der Waals surface area contributed by atoms with Crippen LogP contribution in [-0.2, 0) is 11.2 Å². The van der Waals surface area contributed by atoms with Gasteiger partial charge < -0.3 is 5.32 Å². The molecule has 1 saturated carbocycles. The lowest BCUT2D eigenvalue weighted by atomic mass is 10.0. The van der Waals surface area contributed by atoms with Crippen molar-refractivity contribution in [3.63, 3.8) is 0 Å². The van der Waals surface area contributed by atoms with Crippen LogP contribution in [0.5, 0.6) is 0 Å². The van der Waals surface area contributed by atoms with Gasteiger partial charge in [-0.3, -0.25) is 4.79 Å². The lowest BCUT2D eigenvalue weighted by molar-refractivity contribution is -0.117. The molecule has 1 fully saturated rings. The molecule has 2 aromatic carbocycles. The zero-order valence-electron chi connectivity index (χ0n) is 11.8. The number of rotatable bonds is 5. The van der Waals surface area contributed by atoms with Gasteiger partial charge in [-0.2, -0.15) is 0 Å². The van der Waals surface area contributed by atoms with Crippen LogP contribution in [0.1, 0.15) is 31.2 Å². The monoisotopic (exact) mass is 267 g/mol. The maximum atomic E-state index is 12.0. The first kappa shape index (κ1) is 13.3. The Labute approximate surface area is 120 Å². The summed E-state index contributed by atoms with van der Waals surface area (Å²) in [5.74, 6) is 0.284. The van der Waals surface area contributed by atoms with E-state index in [0.29, 0.717) is 19.0 Å². The Morgan fingerprint density at radius 3 is 2.60 bits per heavy atom. The van der Waals surface area contributed by atoms with Gasteiger partial charge in [0.25, 0.3) is 0 Å². The van der Waals surface area contributed by atoms with Crippen molar-refractivity contribution >= 4 is 16.6 Å². The molecule has 20 heavy (non-hydrogen) atoms. The number of Topliss-reactive ketones (excluding diaryl/α,β-unsaturated/α-hetero) is 1. The number of benzene rings is 2. The first-order chi connectivity index (χ1) is 9.81. The summed E-state index contributed by atoms with van der Waals surface area (Å²) in [5, 5.41) is 5.83. The molecule has 0 aromatic heterocycles. The van der Waals surface area contributed by atoms with Gasteiger partial charge in [-0.15, -0.1) is 0 Å². The van der Waals surface area contributed by atoms with E-state index >= 15 is 0 Å². The fraction of sp³-hybridized carbons (Fsp3) is 0.389. The van der Waals surface area contributed by atoms with Crippen molar-refractivity contribution in [2.24, 2.45) is 0 Å². The van der Waals surface area contributed by atoms with Crippen molar-refractivity contribution in [1.82, 2.24) is 5.32 Å². The Balaban J connectivity index is 1.59. The van der Waals surface area contributed by atoms with Crippen LogP contribution in [0.4, 0.5) is 0 Å². The summed E-state index contributed by atoms with van der Waals surface area (Å²) in [6.45, 7) is 0.511. The molecule has 1 aliphatic carbocycles. The van der Waals surface area contributed by atoms with Gasteiger partial charge in [0, 0.05) is 12.5 Å². The van der Waals surface area contributed by atoms with Gasteiger partial charge in [0.15, 0.2) is 5.78 Å². The molecule has 2 aromatic rings. The van der Waals surface area contributed by atoms with Gasteiger partial charge in [-0.1, -0.05) is 55.3 Å². The van der Waals surface area contributed by atoms with Crippen molar-refractivity contribution < 1.29 is 4.79 Å². The maximum absolute atomic E-state index is 12.0. The largest absolute Gasteiger partial charge is 0.307 e. The normalized spacial score (nSPS) is 15.8. The number of carbonyl (C=O) groups excluding carboxylic acids is 1. The fourth-order valence-corrected chi connectivity index (χ4v) is 3.03. The van der Waals surface area contributed by atoms with Gasteiger partial charge in [0.2, 0.25) is 0 Å². The standard InChI is InChI=1S/C18H21NO/c20-18(13-19-17-7-3-4-8-17)12-14-9-10-15-5-1-2-6-16(15)11-14/h1-2,5-6,9-11,17,19H,3-4,7-8,12-13H2. The highest BCUT2D eigenvalue weighted by molar-refractivity contribution is 5.86. The molecule has 0 bridgehead atoms. The second-order valence-corrected chi connectivity index (χ2v) is 5.76. The third-order valence-corrected chi connectivity index (χ3v) is 4.16. The smallest absolute Gasteiger partial charge is 0.150 e. The topological polar surface area (TPSA) is 29.1 Å². The number of carbonyl (C=O) groups is 1. The van der Waals surface area contributed by atoms with Gasteiger partial charge in [0.05, 0.1) is 6.54 Å². The van der Waals surface area contributed by atoms with Gasteiger partial charge in [0.1, 0.15) is 0 Å². The van der Waals surface area contributed by atoms with Crippen LogP contribution >= 0.6 is 0 Å². The molecule has 0 unspecified atom stereocenters. The number of ketones is 1. The third-order valence-electron chi connectivity index (χ3n) is 4.16. The number of fused-ring (bicyclic) bond motifs is 1. The molecule has 0 atom stereocenters. The zero-order valence-corrected chi connectivity index (χ0v) is 11.8. The van der Waals surface area contributed by atoms with Crippen molar-refractivity contribution in [3.05, 3.63) is 48.0 Å². The van der Waals surface area contributed by atoms with Crippen molar-refractivity contribution in [3.8, 4) is 0 Å². The van der Waals surface area contributed by atoms with Crippen LogP contribution in [0.25, 0.3) is 10.8 Å². The van der Waals surface area contributed by atoms with Crippen LogP contribution in [-0.4, -0.2) is 18.4 Å². The van der Waals surface area contributed by atoms with Crippen LogP contribution in [0.2, 0.25) is 0 Å². The summed E-state index contributed by atoms with van der Waals surface area (Å²) >= 11 is 0. The van der Waals surface area contributed by atoms with E-state index in [1.807, 2.05) is 12.1 Å². The molecule has 1 aliphatic rings. The highest BCUT2D eigenvalue weighted by Gasteiger charge is 2.15. The summed E-state index contributed by atoms with van der Waals surface area (Å²) in [4.78, 5) is 12.0. The Morgan fingerprint density at radius 2 is 1.80 bits per heavy atom. The summed E-state index contributed by atoms with van der Waals surface area (Å²) in [6, 6.07) is 15.1. The van der Waals surface area contributed by atoms with E-state index in [9.17, 15) is 4.79 Å². The van der Waals surface area contributed by atoms with Gasteiger partial charge >= 0.3 is 0 Å². The molecule has 0 heterocycles. The quantitative estimate of drug-likeness (QED) is 0.898. The number of hydrogen-bond acceptors (Lipinski definition) is 2.